The van der Waals surface area contributed by atoms with Gasteiger partial charge in [0.15, 0.2) is 0 Å². The Balaban J connectivity index is 0.000000755. The number of morpholine rings is 1. The number of amides is 1. The smallest absolute Gasteiger partial charge is 0.290 e. The van der Waals surface area contributed by atoms with Crippen molar-refractivity contribution in [3.63, 3.8) is 0 Å². The molecule has 1 amide bonds. The van der Waals surface area contributed by atoms with Crippen molar-refractivity contribution in [1.29, 1.82) is 0 Å². The summed E-state index contributed by atoms with van der Waals surface area (Å²) in [6.07, 6.45) is 4.15. The van der Waals surface area contributed by atoms with Crippen LogP contribution >= 0.6 is 0 Å². The molecule has 8 nitrogen and oxygen atoms in total. The molecule has 2 fully saturated rings. The topological polar surface area (TPSA) is 104 Å². The molecule has 29 heavy (non-hydrogen) atoms. The van der Waals surface area contributed by atoms with Crippen LogP contribution in [-0.2, 0) is 37.3 Å². The molecule has 1 saturated heterocycles. The second-order valence-electron chi connectivity index (χ2n) is 7.74. The molecule has 1 N–H and O–H groups in total. The van der Waals surface area contributed by atoms with Gasteiger partial charge in [-0.3, -0.25) is 9.59 Å². The first-order chi connectivity index (χ1) is 13.8. The maximum atomic E-state index is 13.1. The lowest BCUT2D eigenvalue weighted by atomic mass is 9.82. The first-order valence-electron chi connectivity index (χ1n) is 9.87. The molecule has 3 atom stereocenters. The zero-order valence-electron chi connectivity index (χ0n) is 16.6. The molecule has 160 valence electrons. The molecule has 1 aromatic carbocycles. The van der Waals surface area contributed by atoms with Crippen LogP contribution in [0.3, 0.4) is 0 Å². The fraction of sp³-hybridized carbons (Fsp3) is 0.600. The average molecular weight is 425 g/mol. The van der Waals surface area contributed by atoms with Crippen molar-refractivity contribution in [1.82, 2.24) is 9.21 Å². The minimum Gasteiger partial charge on any atom is -0.483 e. The number of ether oxygens (including phenoxy) is 1. The Bertz CT molecular complexity index is 843. The summed E-state index contributed by atoms with van der Waals surface area (Å²) in [6.45, 7) is 1.98. The summed E-state index contributed by atoms with van der Waals surface area (Å²) in [6, 6.07) is 8.07. The molecule has 2 aliphatic heterocycles. The van der Waals surface area contributed by atoms with E-state index in [-0.39, 0.29) is 30.4 Å². The number of fused-ring (bicyclic) bond motifs is 2. The summed E-state index contributed by atoms with van der Waals surface area (Å²) in [5.41, 5.74) is 2.55. The molecule has 0 bridgehead atoms. The highest BCUT2D eigenvalue weighted by Gasteiger charge is 2.44. The van der Waals surface area contributed by atoms with Gasteiger partial charge < -0.3 is 14.7 Å². The van der Waals surface area contributed by atoms with E-state index >= 15 is 0 Å². The predicted molar refractivity (Wildman–Crippen MR) is 107 cm³/mol. The lowest BCUT2D eigenvalue weighted by molar-refractivity contribution is -0.141. The number of rotatable bonds is 2. The maximum absolute atomic E-state index is 13.1. The summed E-state index contributed by atoms with van der Waals surface area (Å²) in [5, 5.41) is 6.89. The second kappa shape index (κ2) is 9.23. The van der Waals surface area contributed by atoms with Gasteiger partial charge in [0, 0.05) is 25.6 Å². The van der Waals surface area contributed by atoms with Crippen LogP contribution in [0.5, 0.6) is 0 Å². The van der Waals surface area contributed by atoms with Crippen molar-refractivity contribution in [2.75, 3.05) is 26.0 Å². The SMILES string of the molecule is CS(=O)(=O)N1CCO[C@@H]2CC[C@H](C(=O)N3CCc4ccccc4C3)C[C@H]21.O=CO. The van der Waals surface area contributed by atoms with Crippen molar-refractivity contribution < 1.29 is 27.9 Å². The van der Waals surface area contributed by atoms with E-state index in [4.69, 9.17) is 14.6 Å². The first kappa shape index (κ1) is 21.7. The van der Waals surface area contributed by atoms with E-state index in [9.17, 15) is 13.2 Å². The van der Waals surface area contributed by atoms with Crippen LogP contribution in [0.4, 0.5) is 0 Å². The van der Waals surface area contributed by atoms with Gasteiger partial charge in [0.2, 0.25) is 15.9 Å². The number of carboxylic acid groups (broad SMARTS) is 1. The molecule has 0 unspecified atom stereocenters. The first-order valence-corrected chi connectivity index (χ1v) is 11.7. The van der Waals surface area contributed by atoms with Gasteiger partial charge in [0.05, 0.1) is 25.0 Å². The third-order valence-electron chi connectivity index (χ3n) is 5.99. The number of hydrogen-bond acceptors (Lipinski definition) is 5. The van der Waals surface area contributed by atoms with Crippen molar-refractivity contribution in [3.8, 4) is 0 Å². The maximum Gasteiger partial charge on any atom is 0.290 e. The Morgan fingerprint density at radius 3 is 2.59 bits per heavy atom. The fourth-order valence-corrected chi connectivity index (χ4v) is 5.77. The molecule has 2 heterocycles. The van der Waals surface area contributed by atoms with Gasteiger partial charge in [0.25, 0.3) is 6.47 Å². The highest BCUT2D eigenvalue weighted by Crippen LogP contribution is 2.35. The largest absolute Gasteiger partial charge is 0.483 e. The fourth-order valence-electron chi connectivity index (χ4n) is 4.65. The predicted octanol–water partition coefficient (Wildman–Crippen LogP) is 1.10. The molecular formula is C20H28N2O6S. The monoisotopic (exact) mass is 424 g/mol. The molecular weight excluding hydrogens is 396 g/mol. The number of nitrogens with zero attached hydrogens (tertiary/aromatic N) is 2. The van der Waals surface area contributed by atoms with Gasteiger partial charge in [-0.05, 0) is 36.8 Å². The number of carbonyl (C=O) groups excluding carboxylic acids is 1. The van der Waals surface area contributed by atoms with Gasteiger partial charge in [0.1, 0.15) is 0 Å². The van der Waals surface area contributed by atoms with Crippen LogP contribution in [0.1, 0.15) is 30.4 Å². The summed E-state index contributed by atoms with van der Waals surface area (Å²) < 4.78 is 31.6. The van der Waals surface area contributed by atoms with Crippen molar-refractivity contribution in [3.05, 3.63) is 35.4 Å². The number of benzene rings is 1. The molecule has 4 rings (SSSR count). The van der Waals surface area contributed by atoms with Crippen molar-refractivity contribution >= 4 is 22.4 Å². The minimum absolute atomic E-state index is 0.0791. The van der Waals surface area contributed by atoms with Gasteiger partial charge in [-0.25, -0.2) is 8.42 Å². The zero-order chi connectivity index (χ0) is 21.0. The Morgan fingerprint density at radius 1 is 1.21 bits per heavy atom. The molecule has 0 aromatic heterocycles. The molecule has 1 aromatic rings. The number of carbonyl (C=O) groups is 2. The summed E-state index contributed by atoms with van der Waals surface area (Å²) in [5.74, 6) is 0.0458. The van der Waals surface area contributed by atoms with Crippen molar-refractivity contribution in [2.45, 2.75) is 44.4 Å². The summed E-state index contributed by atoms with van der Waals surface area (Å²) >= 11 is 0. The lowest BCUT2D eigenvalue weighted by Gasteiger charge is -2.45. The Labute approximate surface area is 171 Å². The van der Waals surface area contributed by atoms with E-state index < -0.39 is 10.0 Å². The molecule has 0 spiro atoms. The van der Waals surface area contributed by atoms with Crippen LogP contribution in [0.15, 0.2) is 24.3 Å². The van der Waals surface area contributed by atoms with Gasteiger partial charge >= 0.3 is 0 Å². The highest BCUT2D eigenvalue weighted by molar-refractivity contribution is 7.88. The van der Waals surface area contributed by atoms with Crippen LogP contribution in [-0.4, -0.2) is 73.2 Å². The van der Waals surface area contributed by atoms with E-state index in [0.717, 1.165) is 25.8 Å². The van der Waals surface area contributed by atoms with Gasteiger partial charge in [-0.2, -0.15) is 4.31 Å². The summed E-state index contributed by atoms with van der Waals surface area (Å²) in [4.78, 5) is 23.4. The second-order valence-corrected chi connectivity index (χ2v) is 9.68. The Morgan fingerprint density at radius 2 is 1.90 bits per heavy atom. The average Bonchev–Trinajstić information content (AvgIpc) is 2.72. The standard InChI is InChI=1S/C19H26N2O4S.CH2O2/c1-26(23,24)21-10-11-25-18-7-6-15(12-17(18)21)19(22)20-9-8-14-4-2-3-5-16(14)13-20;2-1-3/h2-5,15,17-18H,6-13H2,1H3;1H,(H,2,3)/t15-,17+,18+;/m0./s1. The normalized spacial score (nSPS) is 27.1. The van der Waals surface area contributed by atoms with Crippen LogP contribution in [0, 0.1) is 5.92 Å². The third kappa shape index (κ3) is 4.96. The third-order valence-corrected chi connectivity index (χ3v) is 7.29. The Hall–Kier alpha value is -1.97. The summed E-state index contributed by atoms with van der Waals surface area (Å²) in [7, 11) is -3.28. The van der Waals surface area contributed by atoms with Crippen LogP contribution < -0.4 is 0 Å². The molecule has 1 saturated carbocycles. The van der Waals surface area contributed by atoms with E-state index in [1.165, 1.54) is 17.4 Å². The van der Waals surface area contributed by atoms with Crippen LogP contribution in [0.25, 0.3) is 0 Å². The van der Waals surface area contributed by atoms with E-state index in [1.54, 1.807) is 4.31 Å². The van der Waals surface area contributed by atoms with Crippen molar-refractivity contribution in [2.24, 2.45) is 5.92 Å². The molecule has 9 heteroatoms. The number of sulfonamides is 1. The highest BCUT2D eigenvalue weighted by atomic mass is 32.2. The minimum atomic E-state index is -3.28. The zero-order valence-corrected chi connectivity index (χ0v) is 17.4. The number of hydrogen-bond donors (Lipinski definition) is 1. The van der Waals surface area contributed by atoms with E-state index in [1.807, 2.05) is 17.0 Å². The molecule has 3 aliphatic rings. The van der Waals surface area contributed by atoms with E-state index in [0.29, 0.717) is 26.1 Å². The van der Waals surface area contributed by atoms with E-state index in [2.05, 4.69) is 12.1 Å². The molecule has 0 radical (unpaired) electrons. The quantitative estimate of drug-likeness (QED) is 0.713. The molecule has 1 aliphatic carbocycles. The van der Waals surface area contributed by atoms with Gasteiger partial charge in [-0.1, -0.05) is 24.3 Å². The Kier molecular flexibility index (Phi) is 6.92. The lowest BCUT2D eigenvalue weighted by Crippen LogP contribution is -2.57. The van der Waals surface area contributed by atoms with Crippen LogP contribution in [0.2, 0.25) is 0 Å². The van der Waals surface area contributed by atoms with Gasteiger partial charge in [-0.15, -0.1) is 0 Å².